The number of nitrogens with zero attached hydrogens (tertiary/aromatic N) is 3. The van der Waals surface area contributed by atoms with Gasteiger partial charge in [0.25, 0.3) is 0 Å². The fourth-order valence-electron chi connectivity index (χ4n) is 2.72. The molecule has 0 spiro atoms. The third-order valence-corrected chi connectivity index (χ3v) is 3.90. The number of carbonyl (C=O) groups is 2. The quantitative estimate of drug-likeness (QED) is 0.863. The van der Waals surface area contributed by atoms with Gasteiger partial charge in [-0.25, -0.2) is 0 Å². The first kappa shape index (κ1) is 16.2. The summed E-state index contributed by atoms with van der Waals surface area (Å²) in [6, 6.07) is 7.40. The molecular formula is C17H21N5O2. The van der Waals surface area contributed by atoms with Crippen molar-refractivity contribution in [1.82, 2.24) is 15.1 Å². The van der Waals surface area contributed by atoms with Crippen molar-refractivity contribution in [1.29, 1.82) is 0 Å². The van der Waals surface area contributed by atoms with Crippen LogP contribution in [0, 0.1) is 6.92 Å². The molecule has 1 atom stereocenters. The number of nitrogens with one attached hydrogen (secondary N) is 2. The zero-order valence-electron chi connectivity index (χ0n) is 13.8. The van der Waals surface area contributed by atoms with E-state index in [2.05, 4.69) is 15.7 Å². The zero-order chi connectivity index (χ0) is 17.1. The van der Waals surface area contributed by atoms with E-state index in [-0.39, 0.29) is 30.9 Å². The highest BCUT2D eigenvalue weighted by atomic mass is 16.2. The van der Waals surface area contributed by atoms with E-state index in [0.29, 0.717) is 12.2 Å². The minimum absolute atomic E-state index is 0.0459. The molecule has 1 aromatic heterocycles. The second kappa shape index (κ2) is 6.84. The van der Waals surface area contributed by atoms with E-state index >= 15 is 0 Å². The van der Waals surface area contributed by atoms with E-state index in [1.54, 1.807) is 12.3 Å². The molecule has 0 saturated heterocycles. The van der Waals surface area contributed by atoms with E-state index in [9.17, 15) is 9.59 Å². The van der Waals surface area contributed by atoms with Gasteiger partial charge in [-0.1, -0.05) is 12.1 Å². The molecule has 2 N–H and O–H groups in total. The van der Waals surface area contributed by atoms with Crippen molar-refractivity contribution < 1.29 is 9.59 Å². The Hall–Kier alpha value is -2.67. The Kier molecular flexibility index (Phi) is 4.61. The summed E-state index contributed by atoms with van der Waals surface area (Å²) < 4.78 is 1.85. The van der Waals surface area contributed by atoms with E-state index in [1.807, 2.05) is 42.9 Å². The molecule has 2 amide bonds. The first-order valence-corrected chi connectivity index (χ1v) is 7.94. The second-order valence-electron chi connectivity index (χ2n) is 6.07. The summed E-state index contributed by atoms with van der Waals surface area (Å²) in [7, 11) is 0. The highest BCUT2D eigenvalue weighted by molar-refractivity contribution is 6.10. The Labute approximate surface area is 140 Å². The van der Waals surface area contributed by atoms with Crippen LogP contribution >= 0.6 is 0 Å². The van der Waals surface area contributed by atoms with E-state index in [4.69, 9.17) is 0 Å². The third kappa shape index (κ3) is 3.62. The van der Waals surface area contributed by atoms with Crippen molar-refractivity contribution in [2.24, 2.45) is 0 Å². The molecule has 0 radical (unpaired) electrons. The number of hydrogen-bond donors (Lipinski definition) is 2. The van der Waals surface area contributed by atoms with Gasteiger partial charge in [-0.05, 0) is 31.5 Å². The molecule has 7 heteroatoms. The zero-order valence-corrected chi connectivity index (χ0v) is 13.8. The van der Waals surface area contributed by atoms with Crippen LogP contribution in [-0.2, 0) is 16.1 Å². The molecule has 126 valence electrons. The molecule has 7 nitrogen and oxygen atoms in total. The maximum absolute atomic E-state index is 12.5. The summed E-state index contributed by atoms with van der Waals surface area (Å²) in [6.45, 7) is 4.89. The Morgan fingerprint density at radius 2 is 2.21 bits per heavy atom. The van der Waals surface area contributed by atoms with E-state index < -0.39 is 0 Å². The van der Waals surface area contributed by atoms with Gasteiger partial charge in [0, 0.05) is 12.2 Å². The molecule has 0 saturated carbocycles. The lowest BCUT2D eigenvalue weighted by Gasteiger charge is -2.29. The summed E-state index contributed by atoms with van der Waals surface area (Å²) in [4.78, 5) is 25.8. The van der Waals surface area contributed by atoms with Gasteiger partial charge in [0.2, 0.25) is 11.8 Å². The predicted octanol–water partition coefficient (Wildman–Crippen LogP) is 1.15. The molecule has 0 unspecified atom stereocenters. The first-order chi connectivity index (χ1) is 11.5. The van der Waals surface area contributed by atoms with Crippen LogP contribution in [0.4, 0.5) is 11.4 Å². The smallest absolute Gasteiger partial charge is 0.244 e. The highest BCUT2D eigenvalue weighted by Crippen LogP contribution is 2.28. The van der Waals surface area contributed by atoms with Crippen molar-refractivity contribution in [3.05, 3.63) is 42.2 Å². The Morgan fingerprint density at radius 3 is 2.96 bits per heavy atom. The lowest BCUT2D eigenvalue weighted by molar-refractivity contribution is -0.121. The molecule has 3 rings (SSSR count). The fraction of sp³-hybridized carbons (Fsp3) is 0.353. The predicted molar refractivity (Wildman–Crippen MR) is 91.9 cm³/mol. The number of para-hydroxylation sites is 2. The topological polar surface area (TPSA) is 79.3 Å². The molecule has 1 aliphatic rings. The summed E-state index contributed by atoms with van der Waals surface area (Å²) in [5, 5.41) is 10.2. The number of carbonyl (C=O) groups excluding carboxylic acids is 2. The van der Waals surface area contributed by atoms with Crippen LogP contribution in [0.25, 0.3) is 0 Å². The number of fused-ring (bicyclic) bond motifs is 1. The molecule has 1 aromatic carbocycles. The van der Waals surface area contributed by atoms with Crippen LogP contribution in [0.3, 0.4) is 0 Å². The van der Waals surface area contributed by atoms with Gasteiger partial charge in [0.15, 0.2) is 0 Å². The van der Waals surface area contributed by atoms with Gasteiger partial charge in [-0.3, -0.25) is 19.2 Å². The molecule has 1 aliphatic heterocycles. The average molecular weight is 327 g/mol. The van der Waals surface area contributed by atoms with Gasteiger partial charge in [0.1, 0.15) is 6.54 Å². The Balaban J connectivity index is 1.60. The van der Waals surface area contributed by atoms with E-state index in [1.165, 1.54) is 4.90 Å². The minimum Gasteiger partial charge on any atom is -0.323 e. The molecule has 0 bridgehead atoms. The summed E-state index contributed by atoms with van der Waals surface area (Å²) in [5.41, 5.74) is 2.51. The fourth-order valence-corrected chi connectivity index (χ4v) is 2.72. The maximum atomic E-state index is 12.5. The monoisotopic (exact) mass is 327 g/mol. The van der Waals surface area contributed by atoms with Gasteiger partial charge < -0.3 is 10.6 Å². The van der Waals surface area contributed by atoms with Crippen molar-refractivity contribution in [2.45, 2.75) is 26.4 Å². The lowest BCUT2D eigenvalue weighted by Crippen LogP contribution is -2.47. The Morgan fingerprint density at radius 1 is 1.42 bits per heavy atom. The molecule has 2 aromatic rings. The molecule has 0 fully saturated rings. The van der Waals surface area contributed by atoms with Crippen molar-refractivity contribution in [3.63, 3.8) is 0 Å². The summed E-state index contributed by atoms with van der Waals surface area (Å²) in [6.07, 6.45) is 3.77. The third-order valence-electron chi connectivity index (χ3n) is 3.90. The van der Waals surface area contributed by atoms with Crippen molar-refractivity contribution in [3.8, 4) is 0 Å². The second-order valence-corrected chi connectivity index (χ2v) is 6.07. The first-order valence-electron chi connectivity index (χ1n) is 7.94. The summed E-state index contributed by atoms with van der Waals surface area (Å²) in [5.74, 6) is -0.303. The van der Waals surface area contributed by atoms with Crippen molar-refractivity contribution >= 4 is 23.2 Å². The van der Waals surface area contributed by atoms with Crippen LogP contribution in [0.5, 0.6) is 0 Å². The molecule has 24 heavy (non-hydrogen) atoms. The van der Waals surface area contributed by atoms with Gasteiger partial charge in [0.05, 0.1) is 30.7 Å². The standard InChI is InChI=1S/C17H21N5O2/c1-12-7-19-21(9-12)10-13(2)18-8-17(24)22-11-16(23)20-14-5-3-4-6-15(14)22/h3-7,9,13,18H,8,10-11H2,1-2H3,(H,20,23)/t13-/m1/s1. The number of aromatic nitrogens is 2. The van der Waals surface area contributed by atoms with Crippen molar-refractivity contribution in [2.75, 3.05) is 23.3 Å². The number of anilines is 2. The van der Waals surface area contributed by atoms with Crippen LogP contribution in [0.2, 0.25) is 0 Å². The normalized spacial score (nSPS) is 14.9. The highest BCUT2D eigenvalue weighted by Gasteiger charge is 2.26. The molecule has 0 aliphatic carbocycles. The van der Waals surface area contributed by atoms with Gasteiger partial charge in [-0.15, -0.1) is 0 Å². The lowest BCUT2D eigenvalue weighted by atomic mass is 10.2. The summed E-state index contributed by atoms with van der Waals surface area (Å²) >= 11 is 0. The molecule has 2 heterocycles. The average Bonchev–Trinajstić information content (AvgIpc) is 2.96. The van der Waals surface area contributed by atoms with Crippen LogP contribution in [0.15, 0.2) is 36.7 Å². The molecular weight excluding hydrogens is 306 g/mol. The van der Waals surface area contributed by atoms with E-state index in [0.717, 1.165) is 11.3 Å². The van der Waals surface area contributed by atoms with Crippen LogP contribution in [0.1, 0.15) is 12.5 Å². The van der Waals surface area contributed by atoms with Gasteiger partial charge in [-0.2, -0.15) is 5.10 Å². The number of amides is 2. The van der Waals surface area contributed by atoms with Gasteiger partial charge >= 0.3 is 0 Å². The maximum Gasteiger partial charge on any atom is 0.244 e. The largest absolute Gasteiger partial charge is 0.323 e. The number of rotatable bonds is 5. The van der Waals surface area contributed by atoms with Crippen LogP contribution in [-0.4, -0.2) is 40.7 Å². The SMILES string of the molecule is Cc1cnn(C[C@@H](C)NCC(=O)N2CC(=O)Nc3ccccc32)c1. The van der Waals surface area contributed by atoms with Crippen LogP contribution < -0.4 is 15.5 Å². The number of benzene rings is 1. The number of hydrogen-bond acceptors (Lipinski definition) is 4. The minimum atomic E-state index is -0.179. The Bertz CT molecular complexity index is 755. The number of aryl methyl sites for hydroxylation is 1.